The Morgan fingerprint density at radius 3 is 2.71 bits per heavy atom. The Kier molecular flexibility index (Phi) is 4.18. The van der Waals surface area contributed by atoms with Crippen LogP contribution in [0.3, 0.4) is 0 Å². The molecule has 14 heavy (non-hydrogen) atoms. The average molecular weight is 211 g/mol. The van der Waals surface area contributed by atoms with Crippen molar-refractivity contribution in [2.75, 3.05) is 6.61 Å². The van der Waals surface area contributed by atoms with Crippen molar-refractivity contribution in [3.8, 4) is 0 Å². The lowest BCUT2D eigenvalue weighted by Gasteiger charge is -2.07. The molecule has 0 spiro atoms. The molecule has 0 saturated carbocycles. The molecule has 0 radical (unpaired) electrons. The molecule has 0 aromatic heterocycles. The highest BCUT2D eigenvalue weighted by atomic mass is 35.5. The summed E-state index contributed by atoms with van der Waals surface area (Å²) in [6.07, 6.45) is 1.98. The van der Waals surface area contributed by atoms with Crippen molar-refractivity contribution < 1.29 is 5.11 Å². The Morgan fingerprint density at radius 1 is 1.50 bits per heavy atom. The van der Waals surface area contributed by atoms with Crippen molar-refractivity contribution in [3.05, 3.63) is 40.4 Å². The van der Waals surface area contributed by atoms with Gasteiger partial charge in [0.05, 0.1) is 6.61 Å². The Labute approximate surface area is 90.0 Å². The third-order valence-electron chi connectivity index (χ3n) is 2.12. The fourth-order valence-electron chi connectivity index (χ4n) is 1.21. The molecule has 0 aliphatic carbocycles. The highest BCUT2D eigenvalue weighted by molar-refractivity contribution is 6.30. The Balaban J connectivity index is 2.94. The SMILES string of the molecule is CC(C)/C(=C/c1cccc(Cl)c1)CO. The molecule has 1 aromatic rings. The maximum atomic E-state index is 9.13. The monoisotopic (exact) mass is 210 g/mol. The average Bonchev–Trinajstić information content (AvgIpc) is 2.14. The molecule has 0 amide bonds. The van der Waals surface area contributed by atoms with Gasteiger partial charge in [-0.1, -0.05) is 43.7 Å². The van der Waals surface area contributed by atoms with Crippen molar-refractivity contribution in [1.82, 2.24) is 0 Å². The van der Waals surface area contributed by atoms with Gasteiger partial charge in [-0.15, -0.1) is 0 Å². The van der Waals surface area contributed by atoms with Crippen LogP contribution in [0.2, 0.25) is 5.02 Å². The van der Waals surface area contributed by atoms with E-state index in [9.17, 15) is 0 Å². The first kappa shape index (κ1) is 11.3. The molecular formula is C12H15ClO. The standard InChI is InChI=1S/C12H15ClO/c1-9(2)11(8-14)6-10-4-3-5-12(13)7-10/h3-7,9,14H,8H2,1-2H3/b11-6+. The molecule has 0 bridgehead atoms. The summed E-state index contributed by atoms with van der Waals surface area (Å²) in [5.74, 6) is 0.360. The van der Waals surface area contributed by atoms with E-state index in [1.807, 2.05) is 30.3 Å². The molecule has 0 heterocycles. The minimum absolute atomic E-state index is 0.101. The van der Waals surface area contributed by atoms with Gasteiger partial charge in [0.15, 0.2) is 0 Å². The Hall–Kier alpha value is -0.790. The van der Waals surface area contributed by atoms with E-state index in [-0.39, 0.29) is 6.61 Å². The minimum atomic E-state index is 0.101. The molecule has 1 nitrogen and oxygen atoms in total. The molecule has 76 valence electrons. The lowest BCUT2D eigenvalue weighted by molar-refractivity contribution is 0.320. The van der Waals surface area contributed by atoms with Gasteiger partial charge in [-0.3, -0.25) is 0 Å². The summed E-state index contributed by atoms with van der Waals surface area (Å²) in [5.41, 5.74) is 2.06. The van der Waals surface area contributed by atoms with Gasteiger partial charge in [-0.05, 0) is 29.2 Å². The summed E-state index contributed by atoms with van der Waals surface area (Å²) in [7, 11) is 0. The summed E-state index contributed by atoms with van der Waals surface area (Å²) < 4.78 is 0. The van der Waals surface area contributed by atoms with Gasteiger partial charge in [-0.25, -0.2) is 0 Å². The number of hydrogen-bond acceptors (Lipinski definition) is 1. The van der Waals surface area contributed by atoms with Gasteiger partial charge in [0.25, 0.3) is 0 Å². The lowest BCUT2D eigenvalue weighted by atomic mass is 10.0. The maximum absolute atomic E-state index is 9.13. The van der Waals surface area contributed by atoms with Crippen LogP contribution in [0.25, 0.3) is 6.08 Å². The number of halogens is 1. The summed E-state index contributed by atoms with van der Waals surface area (Å²) >= 11 is 5.86. The van der Waals surface area contributed by atoms with Gasteiger partial charge < -0.3 is 5.11 Å². The van der Waals surface area contributed by atoms with Gasteiger partial charge in [0.1, 0.15) is 0 Å². The van der Waals surface area contributed by atoms with E-state index in [0.29, 0.717) is 5.92 Å². The lowest BCUT2D eigenvalue weighted by Crippen LogP contribution is -1.98. The molecule has 0 atom stereocenters. The molecule has 1 N–H and O–H groups in total. The molecule has 0 fully saturated rings. The molecule has 0 aliphatic rings. The smallest absolute Gasteiger partial charge is 0.0647 e. The van der Waals surface area contributed by atoms with Crippen LogP contribution in [0.1, 0.15) is 19.4 Å². The highest BCUT2D eigenvalue weighted by Crippen LogP contribution is 2.17. The van der Waals surface area contributed by atoms with Crippen molar-refractivity contribution in [1.29, 1.82) is 0 Å². The van der Waals surface area contributed by atoms with Crippen molar-refractivity contribution >= 4 is 17.7 Å². The van der Waals surface area contributed by atoms with E-state index in [2.05, 4.69) is 13.8 Å². The predicted molar refractivity (Wildman–Crippen MR) is 61.4 cm³/mol. The first-order valence-electron chi connectivity index (χ1n) is 4.70. The van der Waals surface area contributed by atoms with Crippen LogP contribution in [0.15, 0.2) is 29.8 Å². The molecule has 1 aromatic carbocycles. The second kappa shape index (κ2) is 5.18. The van der Waals surface area contributed by atoms with E-state index in [0.717, 1.165) is 16.2 Å². The topological polar surface area (TPSA) is 20.2 Å². The number of aliphatic hydroxyl groups excluding tert-OH is 1. The number of hydrogen-bond donors (Lipinski definition) is 1. The summed E-state index contributed by atoms with van der Waals surface area (Å²) in [5, 5.41) is 9.85. The van der Waals surface area contributed by atoms with E-state index in [1.54, 1.807) is 0 Å². The van der Waals surface area contributed by atoms with Crippen LogP contribution in [-0.4, -0.2) is 11.7 Å². The number of aliphatic hydroxyl groups is 1. The van der Waals surface area contributed by atoms with Crippen LogP contribution in [0.4, 0.5) is 0 Å². The molecule has 0 saturated heterocycles. The maximum Gasteiger partial charge on any atom is 0.0647 e. The van der Waals surface area contributed by atoms with Crippen LogP contribution in [0.5, 0.6) is 0 Å². The molecule has 0 unspecified atom stereocenters. The first-order chi connectivity index (χ1) is 6.63. The summed E-state index contributed by atoms with van der Waals surface area (Å²) in [6.45, 7) is 4.23. The van der Waals surface area contributed by atoms with Gasteiger partial charge in [-0.2, -0.15) is 0 Å². The third-order valence-corrected chi connectivity index (χ3v) is 2.36. The number of rotatable bonds is 3. The van der Waals surface area contributed by atoms with E-state index >= 15 is 0 Å². The zero-order chi connectivity index (χ0) is 10.6. The van der Waals surface area contributed by atoms with Crippen LogP contribution >= 0.6 is 11.6 Å². The largest absolute Gasteiger partial charge is 0.392 e. The zero-order valence-electron chi connectivity index (χ0n) is 8.50. The van der Waals surface area contributed by atoms with Crippen molar-refractivity contribution in [2.24, 2.45) is 5.92 Å². The Bertz CT molecular complexity index is 329. The van der Waals surface area contributed by atoms with Crippen molar-refractivity contribution in [3.63, 3.8) is 0 Å². The molecule has 2 heteroatoms. The van der Waals surface area contributed by atoms with Crippen LogP contribution in [0, 0.1) is 5.92 Å². The predicted octanol–water partition coefficient (Wildman–Crippen LogP) is 3.37. The quantitative estimate of drug-likeness (QED) is 0.811. The van der Waals surface area contributed by atoms with Crippen LogP contribution < -0.4 is 0 Å². The minimum Gasteiger partial charge on any atom is -0.392 e. The van der Waals surface area contributed by atoms with Crippen molar-refractivity contribution in [2.45, 2.75) is 13.8 Å². The van der Waals surface area contributed by atoms with E-state index < -0.39 is 0 Å². The Morgan fingerprint density at radius 2 is 2.21 bits per heavy atom. The summed E-state index contributed by atoms with van der Waals surface area (Å²) in [6, 6.07) is 7.61. The fraction of sp³-hybridized carbons (Fsp3) is 0.333. The van der Waals surface area contributed by atoms with E-state index in [1.165, 1.54) is 0 Å². The molecule has 0 aliphatic heterocycles. The second-order valence-corrected chi connectivity index (χ2v) is 4.02. The second-order valence-electron chi connectivity index (χ2n) is 3.59. The normalized spacial score (nSPS) is 12.2. The highest BCUT2D eigenvalue weighted by Gasteiger charge is 2.01. The summed E-state index contributed by atoms with van der Waals surface area (Å²) in [4.78, 5) is 0. The molecular weight excluding hydrogens is 196 g/mol. The zero-order valence-corrected chi connectivity index (χ0v) is 9.25. The molecule has 1 rings (SSSR count). The fourth-order valence-corrected chi connectivity index (χ4v) is 1.40. The first-order valence-corrected chi connectivity index (χ1v) is 5.08. The van der Waals surface area contributed by atoms with Gasteiger partial charge in [0, 0.05) is 5.02 Å². The van der Waals surface area contributed by atoms with E-state index in [4.69, 9.17) is 16.7 Å². The third kappa shape index (κ3) is 3.17. The number of benzene rings is 1. The van der Waals surface area contributed by atoms with Gasteiger partial charge >= 0.3 is 0 Å². The van der Waals surface area contributed by atoms with Crippen LogP contribution in [-0.2, 0) is 0 Å². The van der Waals surface area contributed by atoms with Gasteiger partial charge in [0.2, 0.25) is 0 Å².